The van der Waals surface area contributed by atoms with Crippen LogP contribution in [0.3, 0.4) is 0 Å². The molecule has 0 aromatic carbocycles. The van der Waals surface area contributed by atoms with Gasteiger partial charge in [0.1, 0.15) is 10.6 Å². The van der Waals surface area contributed by atoms with Crippen LogP contribution in [0.1, 0.15) is 28.2 Å². The van der Waals surface area contributed by atoms with Gasteiger partial charge in [0, 0.05) is 42.2 Å². The summed E-state index contributed by atoms with van der Waals surface area (Å²) >= 11 is 3.48. The summed E-state index contributed by atoms with van der Waals surface area (Å²) in [5.41, 5.74) is 0.279. The van der Waals surface area contributed by atoms with E-state index < -0.39 is 10.0 Å². The SMILES string of the molecule is O=C(NCCSCc1cccs1)c1cc(S(=O)(=O)N2CCCC2)c[nH]1. The molecule has 0 bridgehead atoms. The second kappa shape index (κ2) is 8.39. The summed E-state index contributed by atoms with van der Waals surface area (Å²) in [7, 11) is -3.49. The molecule has 2 N–H and O–H groups in total. The van der Waals surface area contributed by atoms with Crippen LogP contribution < -0.4 is 5.32 Å². The van der Waals surface area contributed by atoms with Gasteiger partial charge in [0.25, 0.3) is 5.91 Å². The van der Waals surface area contributed by atoms with Crippen LogP contribution in [-0.2, 0) is 15.8 Å². The lowest BCUT2D eigenvalue weighted by Crippen LogP contribution is -2.28. The standard InChI is InChI=1S/C16H21N3O3S3/c20-16(17-5-9-23-12-13-4-3-8-24-13)15-10-14(11-18-15)25(21,22)19-6-1-2-7-19/h3-4,8,10-11,18H,1-2,5-7,9,12H2,(H,17,20). The largest absolute Gasteiger partial charge is 0.356 e. The fraction of sp³-hybridized carbons (Fsp3) is 0.438. The lowest BCUT2D eigenvalue weighted by molar-refractivity contribution is 0.0952. The summed E-state index contributed by atoms with van der Waals surface area (Å²) in [6.07, 6.45) is 3.17. The third-order valence-electron chi connectivity index (χ3n) is 3.96. The number of sulfonamides is 1. The van der Waals surface area contributed by atoms with Gasteiger partial charge < -0.3 is 10.3 Å². The van der Waals surface area contributed by atoms with E-state index in [1.54, 1.807) is 23.1 Å². The van der Waals surface area contributed by atoms with Gasteiger partial charge >= 0.3 is 0 Å². The van der Waals surface area contributed by atoms with E-state index in [1.165, 1.54) is 21.4 Å². The number of hydrogen-bond acceptors (Lipinski definition) is 5. The van der Waals surface area contributed by atoms with E-state index in [0.29, 0.717) is 19.6 Å². The van der Waals surface area contributed by atoms with Crippen LogP contribution in [-0.4, -0.2) is 49.0 Å². The summed E-state index contributed by atoms with van der Waals surface area (Å²) in [5.74, 6) is 1.47. The van der Waals surface area contributed by atoms with Gasteiger partial charge in [-0.25, -0.2) is 8.42 Å². The molecule has 2 aromatic heterocycles. The van der Waals surface area contributed by atoms with Crippen molar-refractivity contribution in [2.45, 2.75) is 23.5 Å². The van der Waals surface area contributed by atoms with Crippen molar-refractivity contribution in [1.29, 1.82) is 0 Å². The molecule has 136 valence electrons. The zero-order valence-electron chi connectivity index (χ0n) is 13.7. The Kier molecular flexibility index (Phi) is 6.21. The Labute approximate surface area is 156 Å². The smallest absolute Gasteiger partial charge is 0.267 e. The number of amides is 1. The Morgan fingerprint density at radius 1 is 1.36 bits per heavy atom. The average molecular weight is 400 g/mol. The highest BCUT2D eigenvalue weighted by atomic mass is 32.2. The Morgan fingerprint density at radius 2 is 2.16 bits per heavy atom. The molecule has 3 heterocycles. The zero-order chi connectivity index (χ0) is 17.7. The lowest BCUT2D eigenvalue weighted by atomic mass is 10.4. The minimum atomic E-state index is -3.49. The van der Waals surface area contributed by atoms with Crippen molar-refractivity contribution in [3.8, 4) is 0 Å². The van der Waals surface area contributed by atoms with Gasteiger partial charge in [0.15, 0.2) is 0 Å². The highest BCUT2D eigenvalue weighted by Crippen LogP contribution is 2.21. The minimum Gasteiger partial charge on any atom is -0.356 e. The maximum absolute atomic E-state index is 12.5. The number of hydrogen-bond donors (Lipinski definition) is 2. The highest BCUT2D eigenvalue weighted by molar-refractivity contribution is 7.98. The normalized spacial score (nSPS) is 15.5. The van der Waals surface area contributed by atoms with E-state index in [2.05, 4.69) is 21.7 Å². The second-order valence-corrected chi connectivity index (χ2v) is 9.82. The fourth-order valence-electron chi connectivity index (χ4n) is 2.63. The first kappa shape index (κ1) is 18.5. The molecular weight excluding hydrogens is 378 g/mol. The van der Waals surface area contributed by atoms with Gasteiger partial charge in [-0.1, -0.05) is 6.07 Å². The predicted octanol–water partition coefficient (Wildman–Crippen LogP) is 2.52. The number of H-pyrrole nitrogens is 1. The molecule has 25 heavy (non-hydrogen) atoms. The number of nitrogens with zero attached hydrogens (tertiary/aromatic N) is 1. The first-order valence-corrected chi connectivity index (χ1v) is 11.6. The van der Waals surface area contributed by atoms with Gasteiger partial charge in [-0.05, 0) is 30.4 Å². The zero-order valence-corrected chi connectivity index (χ0v) is 16.2. The van der Waals surface area contributed by atoms with Crippen molar-refractivity contribution in [3.05, 3.63) is 40.3 Å². The van der Waals surface area contributed by atoms with Gasteiger partial charge in [-0.2, -0.15) is 16.1 Å². The van der Waals surface area contributed by atoms with Gasteiger partial charge in [0.2, 0.25) is 10.0 Å². The van der Waals surface area contributed by atoms with Crippen molar-refractivity contribution >= 4 is 39.0 Å². The van der Waals surface area contributed by atoms with E-state index in [0.717, 1.165) is 24.3 Å². The van der Waals surface area contributed by atoms with Crippen LogP contribution in [0.2, 0.25) is 0 Å². The maximum atomic E-state index is 12.5. The summed E-state index contributed by atoms with van der Waals surface area (Å²) in [5, 5.41) is 4.87. The predicted molar refractivity (Wildman–Crippen MR) is 102 cm³/mol. The van der Waals surface area contributed by atoms with Crippen LogP contribution >= 0.6 is 23.1 Å². The highest BCUT2D eigenvalue weighted by Gasteiger charge is 2.28. The van der Waals surface area contributed by atoms with Gasteiger partial charge in [0.05, 0.1) is 0 Å². The van der Waals surface area contributed by atoms with E-state index >= 15 is 0 Å². The van der Waals surface area contributed by atoms with Crippen LogP contribution in [0.15, 0.2) is 34.7 Å². The molecule has 1 aliphatic heterocycles. The molecule has 3 rings (SSSR count). The van der Waals surface area contributed by atoms with Crippen LogP contribution in [0, 0.1) is 0 Å². The molecule has 0 radical (unpaired) electrons. The number of aromatic nitrogens is 1. The fourth-order valence-corrected chi connectivity index (χ4v) is 5.84. The molecule has 1 saturated heterocycles. The van der Waals surface area contributed by atoms with Crippen molar-refractivity contribution in [2.24, 2.45) is 0 Å². The number of thioether (sulfide) groups is 1. The average Bonchev–Trinajstić information content (AvgIpc) is 3.35. The first-order chi connectivity index (χ1) is 12.1. The van der Waals surface area contributed by atoms with Crippen molar-refractivity contribution < 1.29 is 13.2 Å². The molecular formula is C16H21N3O3S3. The number of nitrogens with one attached hydrogen (secondary N) is 2. The van der Waals surface area contributed by atoms with Crippen LogP contribution in [0.4, 0.5) is 0 Å². The summed E-state index contributed by atoms with van der Waals surface area (Å²) < 4.78 is 26.4. The van der Waals surface area contributed by atoms with Crippen LogP contribution in [0.25, 0.3) is 0 Å². The Morgan fingerprint density at radius 3 is 2.88 bits per heavy atom. The number of rotatable bonds is 8. The summed E-state index contributed by atoms with van der Waals surface area (Å²) in [6, 6.07) is 5.54. The Bertz CT molecular complexity index is 794. The molecule has 0 aliphatic carbocycles. The molecule has 1 fully saturated rings. The molecule has 9 heteroatoms. The minimum absolute atomic E-state index is 0.159. The molecule has 1 amide bonds. The second-order valence-electron chi connectivity index (χ2n) is 5.75. The monoisotopic (exact) mass is 399 g/mol. The number of thiophene rings is 1. The molecule has 2 aromatic rings. The summed E-state index contributed by atoms with van der Waals surface area (Å²) in [6.45, 7) is 1.65. The Hall–Kier alpha value is -1.29. The van der Waals surface area contributed by atoms with Crippen molar-refractivity contribution in [3.63, 3.8) is 0 Å². The first-order valence-electron chi connectivity index (χ1n) is 8.14. The van der Waals surface area contributed by atoms with E-state index in [9.17, 15) is 13.2 Å². The van der Waals surface area contributed by atoms with Crippen molar-refractivity contribution in [1.82, 2.24) is 14.6 Å². The topological polar surface area (TPSA) is 82.3 Å². The number of carbonyl (C=O) groups is 1. The van der Waals surface area contributed by atoms with E-state index in [-0.39, 0.29) is 16.5 Å². The molecule has 0 atom stereocenters. The summed E-state index contributed by atoms with van der Waals surface area (Å²) in [4.78, 5) is 16.4. The third kappa shape index (κ3) is 4.66. The quantitative estimate of drug-likeness (QED) is 0.668. The van der Waals surface area contributed by atoms with E-state index in [4.69, 9.17) is 0 Å². The molecule has 0 spiro atoms. The lowest BCUT2D eigenvalue weighted by Gasteiger charge is -2.13. The number of aromatic amines is 1. The van der Waals surface area contributed by atoms with Crippen LogP contribution in [0.5, 0.6) is 0 Å². The Balaban J connectivity index is 1.47. The molecule has 0 saturated carbocycles. The van der Waals surface area contributed by atoms with Gasteiger partial charge in [-0.3, -0.25) is 4.79 Å². The molecule has 1 aliphatic rings. The van der Waals surface area contributed by atoms with E-state index in [1.807, 2.05) is 6.07 Å². The van der Waals surface area contributed by atoms with Gasteiger partial charge in [-0.15, -0.1) is 11.3 Å². The third-order valence-corrected chi connectivity index (χ3v) is 7.90. The number of carbonyl (C=O) groups excluding carboxylic acids is 1. The van der Waals surface area contributed by atoms with Crippen molar-refractivity contribution in [2.75, 3.05) is 25.4 Å². The maximum Gasteiger partial charge on any atom is 0.267 e. The molecule has 6 nitrogen and oxygen atoms in total. The molecule has 0 unspecified atom stereocenters.